The summed E-state index contributed by atoms with van der Waals surface area (Å²) < 4.78 is 16.0. The highest BCUT2D eigenvalue weighted by atomic mass is 32.1. The summed E-state index contributed by atoms with van der Waals surface area (Å²) in [6.07, 6.45) is 4.06. The van der Waals surface area contributed by atoms with Crippen molar-refractivity contribution in [3.05, 3.63) is 53.1 Å². The zero-order valence-electron chi connectivity index (χ0n) is 13.0. The fourth-order valence-corrected chi connectivity index (χ4v) is 2.34. The normalized spacial score (nSPS) is 10.7. The van der Waals surface area contributed by atoms with Gasteiger partial charge in [0.1, 0.15) is 0 Å². The van der Waals surface area contributed by atoms with Crippen molar-refractivity contribution in [2.75, 3.05) is 21.3 Å². The van der Waals surface area contributed by atoms with Crippen molar-refractivity contribution < 1.29 is 14.2 Å². The van der Waals surface area contributed by atoms with Crippen molar-refractivity contribution >= 4 is 24.8 Å². The highest BCUT2D eigenvalue weighted by Gasteiger charge is 2.11. The molecule has 0 aliphatic carbocycles. The highest BCUT2D eigenvalue weighted by molar-refractivity contribution is 7.79. The Labute approximate surface area is 136 Å². The third kappa shape index (κ3) is 3.77. The second-order valence-corrected chi connectivity index (χ2v) is 5.01. The van der Waals surface area contributed by atoms with Crippen molar-refractivity contribution in [3.63, 3.8) is 0 Å². The Bertz CT molecular complexity index is 623. The van der Waals surface area contributed by atoms with Crippen molar-refractivity contribution in [2.45, 2.75) is 5.75 Å². The lowest BCUT2D eigenvalue weighted by molar-refractivity contribution is 0.324. The number of hydrogen-bond acceptors (Lipinski definition) is 4. The summed E-state index contributed by atoms with van der Waals surface area (Å²) in [4.78, 5) is 0. The van der Waals surface area contributed by atoms with Gasteiger partial charge in [-0.15, -0.1) is 0 Å². The van der Waals surface area contributed by atoms with Gasteiger partial charge in [-0.05, 0) is 28.8 Å². The van der Waals surface area contributed by atoms with E-state index in [9.17, 15) is 0 Å². The third-order valence-electron chi connectivity index (χ3n) is 3.32. The maximum Gasteiger partial charge on any atom is 0.203 e. The third-order valence-corrected chi connectivity index (χ3v) is 3.68. The van der Waals surface area contributed by atoms with E-state index in [1.807, 2.05) is 24.3 Å². The lowest BCUT2D eigenvalue weighted by Crippen LogP contribution is -1.95. The molecule has 0 bridgehead atoms. The van der Waals surface area contributed by atoms with Crippen LogP contribution in [0.25, 0.3) is 12.2 Å². The zero-order valence-corrected chi connectivity index (χ0v) is 13.9. The first-order valence-corrected chi connectivity index (χ1v) is 7.53. The van der Waals surface area contributed by atoms with Crippen LogP contribution in [-0.2, 0) is 5.75 Å². The number of ether oxygens (including phenoxy) is 3. The number of thiol groups is 1. The standard InChI is InChI=1S/C18H20O3S/c1-19-16-10-15(11-17(20-2)18(16)21-3)9-6-13-4-7-14(12-22)8-5-13/h4-11,22H,12H2,1-3H3/b9-6-. The van der Waals surface area contributed by atoms with E-state index in [0.29, 0.717) is 17.2 Å². The minimum atomic E-state index is 0.597. The fraction of sp³-hybridized carbons (Fsp3) is 0.222. The molecule has 0 aliphatic rings. The van der Waals surface area contributed by atoms with Gasteiger partial charge in [-0.3, -0.25) is 0 Å². The van der Waals surface area contributed by atoms with Gasteiger partial charge < -0.3 is 14.2 Å². The molecule has 0 saturated heterocycles. The molecule has 0 saturated carbocycles. The summed E-state index contributed by atoms with van der Waals surface area (Å²) >= 11 is 4.26. The molecule has 0 amide bonds. The van der Waals surface area contributed by atoms with Crippen LogP contribution in [0, 0.1) is 0 Å². The van der Waals surface area contributed by atoms with Gasteiger partial charge in [-0.25, -0.2) is 0 Å². The van der Waals surface area contributed by atoms with Crippen molar-refractivity contribution in [1.82, 2.24) is 0 Å². The largest absolute Gasteiger partial charge is 0.493 e. The van der Waals surface area contributed by atoms with Crippen LogP contribution in [0.4, 0.5) is 0 Å². The van der Waals surface area contributed by atoms with Crippen LogP contribution >= 0.6 is 12.6 Å². The molecule has 0 aliphatic heterocycles. The minimum Gasteiger partial charge on any atom is -0.493 e. The monoisotopic (exact) mass is 316 g/mol. The van der Waals surface area contributed by atoms with E-state index in [4.69, 9.17) is 14.2 Å². The summed E-state index contributed by atoms with van der Waals surface area (Å²) in [7, 11) is 4.82. The van der Waals surface area contributed by atoms with E-state index in [1.165, 1.54) is 5.56 Å². The molecular formula is C18H20O3S. The van der Waals surface area contributed by atoms with Gasteiger partial charge in [0, 0.05) is 5.75 Å². The summed E-state index contributed by atoms with van der Waals surface area (Å²) in [5.74, 6) is 2.63. The molecule has 0 aromatic heterocycles. The van der Waals surface area contributed by atoms with Crippen LogP contribution in [0.3, 0.4) is 0 Å². The molecule has 0 atom stereocenters. The molecule has 2 rings (SSSR count). The van der Waals surface area contributed by atoms with E-state index in [2.05, 4.69) is 36.9 Å². The predicted octanol–water partition coefficient (Wildman–Crippen LogP) is 4.31. The summed E-state index contributed by atoms with van der Waals surface area (Å²) in [6.45, 7) is 0. The smallest absolute Gasteiger partial charge is 0.203 e. The quantitative estimate of drug-likeness (QED) is 0.635. The van der Waals surface area contributed by atoms with E-state index in [1.54, 1.807) is 21.3 Å². The van der Waals surface area contributed by atoms with Crippen LogP contribution in [-0.4, -0.2) is 21.3 Å². The SMILES string of the molecule is COc1cc(/C=C\c2ccc(CS)cc2)cc(OC)c1OC. The molecule has 3 nitrogen and oxygen atoms in total. The van der Waals surface area contributed by atoms with Crippen molar-refractivity contribution in [2.24, 2.45) is 0 Å². The summed E-state index contributed by atoms with van der Waals surface area (Å²) in [5.41, 5.74) is 3.31. The van der Waals surface area contributed by atoms with Crippen LogP contribution in [0.5, 0.6) is 17.2 Å². The fourth-order valence-electron chi connectivity index (χ4n) is 2.12. The molecule has 0 unspecified atom stereocenters. The van der Waals surface area contributed by atoms with Crippen molar-refractivity contribution in [3.8, 4) is 17.2 Å². The molecule has 2 aromatic rings. The molecule has 0 spiro atoms. The maximum absolute atomic E-state index is 5.35. The molecule has 4 heteroatoms. The van der Waals surface area contributed by atoms with Gasteiger partial charge in [0.15, 0.2) is 11.5 Å². The molecule has 0 radical (unpaired) electrons. The molecule has 0 fully saturated rings. The Morgan fingerprint density at radius 3 is 1.82 bits per heavy atom. The Morgan fingerprint density at radius 2 is 1.36 bits per heavy atom. The van der Waals surface area contributed by atoms with Gasteiger partial charge in [0.2, 0.25) is 5.75 Å². The van der Waals surface area contributed by atoms with Crippen LogP contribution in [0.1, 0.15) is 16.7 Å². The van der Waals surface area contributed by atoms with E-state index >= 15 is 0 Å². The molecule has 0 N–H and O–H groups in total. The molecular weight excluding hydrogens is 296 g/mol. The average molecular weight is 316 g/mol. The molecule has 0 heterocycles. The van der Waals surface area contributed by atoms with Gasteiger partial charge in [0.25, 0.3) is 0 Å². The number of methoxy groups -OCH3 is 3. The lowest BCUT2D eigenvalue weighted by atomic mass is 10.1. The van der Waals surface area contributed by atoms with Crippen LogP contribution < -0.4 is 14.2 Å². The Balaban J connectivity index is 2.29. The number of benzene rings is 2. The molecule has 2 aromatic carbocycles. The second kappa shape index (κ2) is 7.80. The number of hydrogen-bond donors (Lipinski definition) is 1. The van der Waals surface area contributed by atoms with Crippen molar-refractivity contribution in [1.29, 1.82) is 0 Å². The van der Waals surface area contributed by atoms with Crippen LogP contribution in [0.2, 0.25) is 0 Å². The van der Waals surface area contributed by atoms with E-state index in [-0.39, 0.29) is 0 Å². The average Bonchev–Trinajstić information content (AvgIpc) is 2.59. The van der Waals surface area contributed by atoms with Gasteiger partial charge in [-0.1, -0.05) is 36.4 Å². The van der Waals surface area contributed by atoms with E-state index in [0.717, 1.165) is 16.9 Å². The number of rotatable bonds is 6. The van der Waals surface area contributed by atoms with Gasteiger partial charge in [-0.2, -0.15) is 12.6 Å². The first-order chi connectivity index (χ1) is 10.7. The maximum atomic E-state index is 5.35. The second-order valence-electron chi connectivity index (χ2n) is 4.69. The topological polar surface area (TPSA) is 27.7 Å². The summed E-state index contributed by atoms with van der Waals surface area (Å²) in [6, 6.07) is 12.1. The summed E-state index contributed by atoms with van der Waals surface area (Å²) in [5, 5.41) is 0. The van der Waals surface area contributed by atoms with Gasteiger partial charge in [0.05, 0.1) is 21.3 Å². The highest BCUT2D eigenvalue weighted by Crippen LogP contribution is 2.38. The minimum absolute atomic E-state index is 0.597. The molecule has 22 heavy (non-hydrogen) atoms. The Kier molecular flexibility index (Phi) is 5.78. The zero-order chi connectivity index (χ0) is 15.9. The first-order valence-electron chi connectivity index (χ1n) is 6.89. The predicted molar refractivity (Wildman–Crippen MR) is 94.2 cm³/mol. The molecule has 116 valence electrons. The first kappa shape index (κ1) is 16.3. The van der Waals surface area contributed by atoms with Gasteiger partial charge >= 0.3 is 0 Å². The van der Waals surface area contributed by atoms with E-state index < -0.39 is 0 Å². The Morgan fingerprint density at radius 1 is 0.818 bits per heavy atom. The Hall–Kier alpha value is -2.07. The lowest BCUT2D eigenvalue weighted by Gasteiger charge is -2.12. The van der Waals surface area contributed by atoms with Crippen LogP contribution in [0.15, 0.2) is 36.4 Å².